The van der Waals surface area contributed by atoms with Crippen molar-refractivity contribution >= 4 is 33.8 Å². The highest BCUT2D eigenvalue weighted by Gasteiger charge is 2.34. The average molecular weight is 614 g/mol. The summed E-state index contributed by atoms with van der Waals surface area (Å²) in [5.41, 5.74) is 8.06. The molecule has 0 spiro atoms. The van der Waals surface area contributed by atoms with E-state index in [-0.39, 0.29) is 0 Å². The van der Waals surface area contributed by atoms with Crippen molar-refractivity contribution in [3.05, 3.63) is 174 Å². The fourth-order valence-corrected chi connectivity index (χ4v) is 9.97. The molecule has 7 aromatic carbocycles. The molecule has 0 bridgehead atoms. The monoisotopic (exact) mass is 613 g/mol. The van der Waals surface area contributed by atoms with E-state index in [2.05, 4.69) is 61.5 Å². The maximum atomic E-state index is 14.8. The standard InChI is InChI=1S/C44H35OP/c1-30-29-39(37-18-12-20-41-43(37)42(30)38-17-10-11-19-40(38)44(41,2)3)33-23-21-31(22-24-33)32-25-27-36(28-26-32)46(45,34-13-6-4-7-14-34)35-15-8-5-9-16-35/h4-29H,1-3H3/i2D3. The van der Waals surface area contributed by atoms with Gasteiger partial charge in [-0.15, -0.1) is 0 Å². The van der Waals surface area contributed by atoms with Crippen LogP contribution >= 0.6 is 7.14 Å². The quantitative estimate of drug-likeness (QED) is 0.177. The molecule has 0 amide bonds. The summed E-state index contributed by atoms with van der Waals surface area (Å²) in [6.45, 7) is 1.77. The third-order valence-electron chi connectivity index (χ3n) is 9.63. The number of fused-ring (bicyclic) bond motifs is 2. The molecule has 2 heteroatoms. The zero-order chi connectivity index (χ0) is 34.0. The molecular formula is C44H35OP. The van der Waals surface area contributed by atoms with E-state index in [0.717, 1.165) is 76.8 Å². The smallest absolute Gasteiger partial charge is 0.171 e. The van der Waals surface area contributed by atoms with Crippen LogP contribution in [-0.4, -0.2) is 0 Å². The number of rotatable bonds is 5. The van der Waals surface area contributed by atoms with Gasteiger partial charge in [0.2, 0.25) is 0 Å². The lowest BCUT2D eigenvalue weighted by atomic mass is 9.67. The molecule has 0 saturated heterocycles. The van der Waals surface area contributed by atoms with Crippen molar-refractivity contribution in [3.63, 3.8) is 0 Å². The van der Waals surface area contributed by atoms with Gasteiger partial charge < -0.3 is 4.57 Å². The van der Waals surface area contributed by atoms with Crippen LogP contribution in [0.3, 0.4) is 0 Å². The third-order valence-corrected chi connectivity index (χ3v) is 12.7. The van der Waals surface area contributed by atoms with E-state index in [9.17, 15) is 4.57 Å². The van der Waals surface area contributed by atoms with E-state index in [1.165, 1.54) is 0 Å². The van der Waals surface area contributed by atoms with E-state index in [1.807, 2.05) is 110 Å². The highest BCUT2D eigenvalue weighted by Crippen LogP contribution is 2.51. The Balaban J connectivity index is 1.20. The van der Waals surface area contributed by atoms with Gasteiger partial charge in [0.25, 0.3) is 0 Å². The van der Waals surface area contributed by atoms with Gasteiger partial charge in [-0.3, -0.25) is 0 Å². The highest BCUT2D eigenvalue weighted by atomic mass is 31.2. The topological polar surface area (TPSA) is 17.1 Å². The normalized spacial score (nSPS) is 16.7. The summed E-state index contributed by atoms with van der Waals surface area (Å²) in [7, 11) is -3.05. The summed E-state index contributed by atoms with van der Waals surface area (Å²) in [6, 6.07) is 52.5. The third kappa shape index (κ3) is 4.34. The number of hydrogen-bond acceptors (Lipinski definition) is 1. The molecule has 8 rings (SSSR count). The molecule has 1 aliphatic rings. The van der Waals surface area contributed by atoms with E-state index in [1.54, 1.807) is 0 Å². The first kappa shape index (κ1) is 25.2. The Labute approximate surface area is 275 Å². The lowest BCUT2D eigenvalue weighted by Gasteiger charge is -2.36. The van der Waals surface area contributed by atoms with Gasteiger partial charge in [0.15, 0.2) is 7.14 Å². The predicted octanol–water partition coefficient (Wildman–Crippen LogP) is 10.4. The van der Waals surface area contributed by atoms with Crippen LogP contribution in [0.5, 0.6) is 0 Å². The molecule has 0 aliphatic heterocycles. The molecule has 46 heavy (non-hydrogen) atoms. The minimum Gasteiger partial charge on any atom is -0.309 e. The van der Waals surface area contributed by atoms with E-state index >= 15 is 0 Å². The molecule has 7 aromatic rings. The molecule has 1 nitrogen and oxygen atoms in total. The van der Waals surface area contributed by atoms with Crippen molar-refractivity contribution in [1.29, 1.82) is 0 Å². The van der Waals surface area contributed by atoms with Crippen LogP contribution in [-0.2, 0) is 9.98 Å². The number of aryl methyl sites for hydroxylation is 1. The van der Waals surface area contributed by atoms with Gasteiger partial charge in [0.1, 0.15) is 0 Å². The first-order valence-electron chi connectivity index (χ1n) is 17.2. The molecule has 1 atom stereocenters. The summed E-state index contributed by atoms with van der Waals surface area (Å²) < 4.78 is 40.9. The van der Waals surface area contributed by atoms with Crippen molar-refractivity contribution in [1.82, 2.24) is 0 Å². The summed E-state index contributed by atoms with van der Waals surface area (Å²) in [5.74, 6) is 0. The van der Waals surface area contributed by atoms with Crippen LogP contribution in [0, 0.1) is 6.92 Å². The predicted molar refractivity (Wildman–Crippen MR) is 197 cm³/mol. The van der Waals surface area contributed by atoms with E-state index in [4.69, 9.17) is 4.11 Å². The van der Waals surface area contributed by atoms with Crippen LogP contribution < -0.4 is 15.9 Å². The first-order chi connectivity index (χ1) is 23.6. The second-order valence-electron chi connectivity index (χ2n) is 12.4. The summed E-state index contributed by atoms with van der Waals surface area (Å²) in [4.78, 5) is 0. The number of hydrogen-bond donors (Lipinski definition) is 0. The second-order valence-corrected chi connectivity index (χ2v) is 15.2. The van der Waals surface area contributed by atoms with Crippen molar-refractivity contribution in [2.75, 3.05) is 0 Å². The number of benzene rings is 7. The molecule has 0 radical (unpaired) electrons. The van der Waals surface area contributed by atoms with E-state index in [0.29, 0.717) is 0 Å². The molecule has 0 saturated carbocycles. The average Bonchev–Trinajstić information content (AvgIpc) is 3.14. The van der Waals surface area contributed by atoms with Crippen LogP contribution in [0.25, 0.3) is 44.2 Å². The summed E-state index contributed by atoms with van der Waals surface area (Å²) in [5, 5.41) is 4.51. The van der Waals surface area contributed by atoms with Crippen molar-refractivity contribution in [2.24, 2.45) is 0 Å². The van der Waals surface area contributed by atoms with Gasteiger partial charge in [-0.1, -0.05) is 172 Å². The zero-order valence-corrected chi connectivity index (χ0v) is 26.8. The fourth-order valence-electron chi connectivity index (χ4n) is 7.32. The maximum absolute atomic E-state index is 14.8. The van der Waals surface area contributed by atoms with Gasteiger partial charge in [0, 0.05) is 25.4 Å². The maximum Gasteiger partial charge on any atom is 0.171 e. The molecule has 1 unspecified atom stereocenters. The molecular weight excluding hydrogens is 575 g/mol. The summed E-state index contributed by atoms with van der Waals surface area (Å²) in [6.07, 6.45) is 0. The molecule has 222 valence electrons. The minimum atomic E-state index is -3.05. The van der Waals surface area contributed by atoms with Gasteiger partial charge >= 0.3 is 0 Å². The van der Waals surface area contributed by atoms with Crippen LogP contribution in [0.2, 0.25) is 0 Å². The second kappa shape index (κ2) is 10.8. The highest BCUT2D eigenvalue weighted by molar-refractivity contribution is 7.85. The Morgan fingerprint density at radius 2 is 1.07 bits per heavy atom. The minimum absolute atomic E-state index is 0.801. The Morgan fingerprint density at radius 3 is 1.70 bits per heavy atom. The Bertz CT molecular complexity index is 2350. The Hall–Kier alpha value is -4.97. The lowest BCUT2D eigenvalue weighted by molar-refractivity contribution is 0.592. The molecule has 1 aliphatic carbocycles. The summed E-state index contributed by atoms with van der Waals surface area (Å²) >= 11 is 0. The molecule has 0 N–H and O–H groups in total. The van der Waals surface area contributed by atoms with Gasteiger partial charge in [-0.2, -0.15) is 0 Å². The van der Waals surface area contributed by atoms with Crippen LogP contribution in [0.1, 0.15) is 34.6 Å². The van der Waals surface area contributed by atoms with Crippen LogP contribution in [0.4, 0.5) is 0 Å². The van der Waals surface area contributed by atoms with E-state index < -0.39 is 19.4 Å². The fraction of sp³-hybridized carbons (Fsp3) is 0.0909. The molecule has 0 heterocycles. The Kier molecular flexibility index (Phi) is 5.95. The van der Waals surface area contributed by atoms with Crippen LogP contribution in [0.15, 0.2) is 158 Å². The largest absolute Gasteiger partial charge is 0.309 e. The van der Waals surface area contributed by atoms with Gasteiger partial charge in [-0.05, 0) is 67.8 Å². The van der Waals surface area contributed by atoms with Crippen molar-refractivity contribution in [2.45, 2.75) is 26.1 Å². The zero-order valence-electron chi connectivity index (χ0n) is 28.9. The SMILES string of the molecule is [2H]C([2H])([2H])C1(C)c2ccccc2-c2c(C)cc(-c3ccc(-c4ccc(P(=O)(c5ccccc5)c5ccccc5)cc4)cc3)c3cccc1c23. The molecule has 0 aromatic heterocycles. The van der Waals surface area contributed by atoms with Crippen molar-refractivity contribution in [3.8, 4) is 33.4 Å². The molecule has 0 fully saturated rings. The lowest BCUT2D eigenvalue weighted by Crippen LogP contribution is -2.24. The van der Waals surface area contributed by atoms with Crippen molar-refractivity contribution < 1.29 is 8.68 Å². The van der Waals surface area contributed by atoms with Gasteiger partial charge in [0.05, 0.1) is 0 Å². The van der Waals surface area contributed by atoms with Gasteiger partial charge in [-0.25, -0.2) is 0 Å². The Morgan fingerprint density at radius 1 is 0.543 bits per heavy atom. The first-order valence-corrected chi connectivity index (χ1v) is 17.4.